The Morgan fingerprint density at radius 1 is 0.795 bits per heavy atom. The van der Waals surface area contributed by atoms with Crippen molar-refractivity contribution in [1.82, 2.24) is 5.32 Å². The third-order valence-corrected chi connectivity index (χ3v) is 6.97. The van der Waals surface area contributed by atoms with Crippen LogP contribution in [-0.4, -0.2) is 18.4 Å². The molecule has 0 fully saturated rings. The van der Waals surface area contributed by atoms with Gasteiger partial charge >= 0.3 is 18.7 Å². The van der Waals surface area contributed by atoms with Gasteiger partial charge in [-0.2, -0.15) is 30.7 Å². The standard InChI is InChI=1S/C30H18BrF10NO2/c31-22-12-16(5-10-24(22)33)26(42-27(43)17-6-9-23(32)21(11-17)29(37,38)39)13-15-3-1-2-4-19(15)20-8-7-18(14-25(20)34)44-30(40,41)28(35)36/h1-12,14,26,28H,13H2,(H,42,43)/t26-/m1/s1. The highest BCUT2D eigenvalue weighted by Gasteiger charge is 2.44. The Kier molecular flexibility index (Phi) is 9.62. The van der Waals surface area contributed by atoms with Crippen LogP contribution in [-0.2, 0) is 12.6 Å². The first-order chi connectivity index (χ1) is 20.6. The van der Waals surface area contributed by atoms with Crippen molar-refractivity contribution in [2.24, 2.45) is 0 Å². The lowest BCUT2D eigenvalue weighted by molar-refractivity contribution is -0.253. The Bertz CT molecular complexity index is 1680. The first kappa shape index (κ1) is 32.8. The van der Waals surface area contributed by atoms with Gasteiger partial charge in [0.1, 0.15) is 23.2 Å². The summed E-state index contributed by atoms with van der Waals surface area (Å²) in [4.78, 5) is 13.1. The lowest BCUT2D eigenvalue weighted by atomic mass is 9.92. The van der Waals surface area contributed by atoms with Crippen LogP contribution in [0.3, 0.4) is 0 Å². The summed E-state index contributed by atoms with van der Waals surface area (Å²) in [6, 6.07) is 12.7. The van der Waals surface area contributed by atoms with Gasteiger partial charge in [0.2, 0.25) is 0 Å². The Morgan fingerprint density at radius 2 is 1.48 bits per heavy atom. The minimum Gasteiger partial charge on any atom is -0.428 e. The average Bonchev–Trinajstić information content (AvgIpc) is 2.94. The van der Waals surface area contributed by atoms with E-state index in [4.69, 9.17) is 0 Å². The number of ether oxygens (including phenoxy) is 1. The molecule has 0 aliphatic heterocycles. The van der Waals surface area contributed by atoms with Gasteiger partial charge in [0, 0.05) is 17.2 Å². The molecule has 1 amide bonds. The molecule has 0 saturated heterocycles. The molecule has 0 aromatic heterocycles. The fourth-order valence-corrected chi connectivity index (χ4v) is 4.66. The number of halogens is 11. The third-order valence-electron chi connectivity index (χ3n) is 6.37. The normalized spacial score (nSPS) is 12.7. The number of hydrogen-bond acceptors (Lipinski definition) is 2. The largest absolute Gasteiger partial charge is 0.461 e. The first-order valence-electron chi connectivity index (χ1n) is 12.4. The summed E-state index contributed by atoms with van der Waals surface area (Å²) in [6.45, 7) is 0. The van der Waals surface area contributed by atoms with E-state index in [1.807, 2.05) is 0 Å². The zero-order valence-electron chi connectivity index (χ0n) is 21.8. The van der Waals surface area contributed by atoms with Crippen LogP contribution in [0.2, 0.25) is 0 Å². The van der Waals surface area contributed by atoms with Crippen molar-refractivity contribution in [3.05, 3.63) is 123 Å². The second kappa shape index (κ2) is 12.9. The molecule has 44 heavy (non-hydrogen) atoms. The molecule has 1 atom stereocenters. The molecule has 0 bridgehead atoms. The van der Waals surface area contributed by atoms with Crippen LogP contribution in [0.25, 0.3) is 11.1 Å². The summed E-state index contributed by atoms with van der Waals surface area (Å²) in [5, 5.41) is 2.54. The second-order valence-electron chi connectivity index (χ2n) is 9.36. The predicted molar refractivity (Wildman–Crippen MR) is 143 cm³/mol. The van der Waals surface area contributed by atoms with Gasteiger partial charge in [-0.15, -0.1) is 0 Å². The zero-order chi connectivity index (χ0) is 32.4. The van der Waals surface area contributed by atoms with Crippen LogP contribution in [0.5, 0.6) is 5.75 Å². The number of alkyl halides is 7. The molecule has 4 aromatic carbocycles. The SMILES string of the molecule is O=C(N[C@H](Cc1ccccc1-c1ccc(OC(F)(F)C(F)F)cc1F)c1ccc(F)c(Br)c1)c1ccc(F)c(C(F)(F)F)c1. The minimum absolute atomic E-state index is 0.00842. The highest BCUT2D eigenvalue weighted by Crippen LogP contribution is 2.35. The van der Waals surface area contributed by atoms with E-state index in [0.717, 1.165) is 24.3 Å². The van der Waals surface area contributed by atoms with Crippen molar-refractivity contribution in [1.29, 1.82) is 0 Å². The molecule has 4 aromatic rings. The van der Waals surface area contributed by atoms with Crippen LogP contribution in [0.1, 0.15) is 33.1 Å². The van der Waals surface area contributed by atoms with Crippen LogP contribution >= 0.6 is 15.9 Å². The van der Waals surface area contributed by atoms with Gasteiger partial charge in [0.25, 0.3) is 5.91 Å². The molecule has 232 valence electrons. The molecule has 0 radical (unpaired) electrons. The van der Waals surface area contributed by atoms with E-state index in [0.29, 0.717) is 23.8 Å². The highest BCUT2D eigenvalue weighted by molar-refractivity contribution is 9.10. The molecule has 0 spiro atoms. The van der Waals surface area contributed by atoms with Crippen molar-refractivity contribution in [2.75, 3.05) is 0 Å². The van der Waals surface area contributed by atoms with Gasteiger partial charge in [-0.05, 0) is 81.5 Å². The van der Waals surface area contributed by atoms with Gasteiger partial charge in [-0.25, -0.2) is 13.2 Å². The number of benzene rings is 4. The van der Waals surface area contributed by atoms with Crippen LogP contribution < -0.4 is 10.1 Å². The van der Waals surface area contributed by atoms with Gasteiger partial charge in [-0.1, -0.05) is 30.3 Å². The van der Waals surface area contributed by atoms with Crippen LogP contribution in [0, 0.1) is 17.5 Å². The second-order valence-corrected chi connectivity index (χ2v) is 10.2. The summed E-state index contributed by atoms with van der Waals surface area (Å²) in [5.74, 6) is -5.26. The zero-order valence-corrected chi connectivity index (χ0v) is 23.4. The smallest absolute Gasteiger partial charge is 0.428 e. The van der Waals surface area contributed by atoms with Crippen molar-refractivity contribution < 1.29 is 53.4 Å². The van der Waals surface area contributed by atoms with E-state index in [9.17, 15) is 44.3 Å². The minimum atomic E-state index is -5.08. The summed E-state index contributed by atoms with van der Waals surface area (Å²) >= 11 is 3.03. The molecule has 4 rings (SSSR count). The van der Waals surface area contributed by atoms with E-state index in [1.54, 1.807) is 6.07 Å². The van der Waals surface area contributed by atoms with Crippen molar-refractivity contribution in [2.45, 2.75) is 31.2 Å². The highest BCUT2D eigenvalue weighted by atomic mass is 79.9. The lowest BCUT2D eigenvalue weighted by Crippen LogP contribution is -2.33. The molecule has 0 aliphatic carbocycles. The molecule has 0 aliphatic rings. The summed E-state index contributed by atoms with van der Waals surface area (Å²) < 4.78 is 138. The van der Waals surface area contributed by atoms with Gasteiger partial charge in [0.05, 0.1) is 16.1 Å². The maximum atomic E-state index is 15.1. The van der Waals surface area contributed by atoms with Gasteiger partial charge in [-0.3, -0.25) is 4.79 Å². The number of nitrogens with one attached hydrogen (secondary N) is 1. The Labute approximate surface area is 251 Å². The molecule has 0 unspecified atom stereocenters. The van der Waals surface area contributed by atoms with Crippen LogP contribution in [0.4, 0.5) is 43.9 Å². The van der Waals surface area contributed by atoms with Gasteiger partial charge in [0.15, 0.2) is 0 Å². The summed E-state index contributed by atoms with van der Waals surface area (Å²) in [6.07, 6.45) is -14.3. The maximum absolute atomic E-state index is 15.1. The molecular weight excluding hydrogens is 676 g/mol. The topological polar surface area (TPSA) is 38.3 Å². The Balaban J connectivity index is 1.71. The molecule has 14 heteroatoms. The van der Waals surface area contributed by atoms with Crippen molar-refractivity contribution >= 4 is 21.8 Å². The van der Waals surface area contributed by atoms with E-state index >= 15 is 4.39 Å². The number of carbonyl (C=O) groups excluding carboxylic acids is 1. The first-order valence-corrected chi connectivity index (χ1v) is 13.2. The molecule has 1 N–H and O–H groups in total. The van der Waals surface area contributed by atoms with E-state index in [1.165, 1.54) is 30.3 Å². The third kappa shape index (κ3) is 7.52. The average molecular weight is 694 g/mol. The monoisotopic (exact) mass is 693 g/mol. The molecule has 3 nitrogen and oxygen atoms in total. The number of amides is 1. The van der Waals surface area contributed by atoms with Crippen molar-refractivity contribution in [3.8, 4) is 16.9 Å². The fraction of sp³-hybridized carbons (Fsp3) is 0.167. The molecule has 0 saturated carbocycles. The van der Waals surface area contributed by atoms with Gasteiger partial charge < -0.3 is 10.1 Å². The molecular formula is C30H18BrF10NO2. The van der Waals surface area contributed by atoms with E-state index in [-0.39, 0.29) is 27.6 Å². The number of carbonyl (C=O) groups is 1. The lowest BCUT2D eigenvalue weighted by Gasteiger charge is -2.22. The van der Waals surface area contributed by atoms with E-state index in [2.05, 4.69) is 26.0 Å². The van der Waals surface area contributed by atoms with Crippen LogP contribution in [0.15, 0.2) is 83.3 Å². The Hall–Kier alpha value is -4.07. The number of rotatable bonds is 9. The van der Waals surface area contributed by atoms with E-state index < -0.39 is 65.0 Å². The number of hydrogen-bond donors (Lipinski definition) is 1. The molecule has 0 heterocycles. The predicted octanol–water partition coefficient (Wildman–Crippen LogP) is 9.50. The fourth-order valence-electron chi connectivity index (χ4n) is 4.27. The Morgan fingerprint density at radius 3 is 2.11 bits per heavy atom. The summed E-state index contributed by atoms with van der Waals surface area (Å²) in [5.41, 5.74) is -1.56. The maximum Gasteiger partial charge on any atom is 0.461 e. The van der Waals surface area contributed by atoms with Crippen molar-refractivity contribution in [3.63, 3.8) is 0 Å². The summed E-state index contributed by atoms with van der Waals surface area (Å²) in [7, 11) is 0. The quantitative estimate of drug-likeness (QED) is 0.177.